The van der Waals surface area contributed by atoms with Gasteiger partial charge in [0.15, 0.2) is 0 Å². The fourth-order valence-corrected chi connectivity index (χ4v) is 1.38. The molecular formula is C10H17N3. The van der Waals surface area contributed by atoms with Crippen molar-refractivity contribution in [1.82, 2.24) is 15.0 Å². The molecule has 0 aliphatic heterocycles. The van der Waals surface area contributed by atoms with Gasteiger partial charge in [0.2, 0.25) is 0 Å². The van der Waals surface area contributed by atoms with E-state index in [1.54, 1.807) is 0 Å². The Hall–Kier alpha value is -0.860. The topological polar surface area (TPSA) is 30.7 Å². The summed E-state index contributed by atoms with van der Waals surface area (Å²) in [4.78, 5) is 0. The van der Waals surface area contributed by atoms with Gasteiger partial charge in [-0.3, -0.25) is 4.68 Å². The largest absolute Gasteiger partial charge is 0.252 e. The first-order valence-corrected chi connectivity index (χ1v) is 5.15. The number of hydrogen-bond acceptors (Lipinski definition) is 2. The molecule has 0 radical (unpaired) electrons. The van der Waals surface area contributed by atoms with Gasteiger partial charge in [-0.2, -0.15) is 0 Å². The molecule has 0 spiro atoms. The van der Waals surface area contributed by atoms with Crippen molar-refractivity contribution in [3.05, 3.63) is 11.9 Å². The normalized spacial score (nSPS) is 16.8. The third kappa shape index (κ3) is 2.29. The molecule has 0 amide bonds. The second-order valence-corrected chi connectivity index (χ2v) is 4.36. The molecule has 0 N–H and O–H groups in total. The quantitative estimate of drug-likeness (QED) is 0.709. The van der Waals surface area contributed by atoms with Crippen LogP contribution in [-0.2, 0) is 6.54 Å². The highest BCUT2D eigenvalue weighted by Gasteiger charge is 2.26. The van der Waals surface area contributed by atoms with Gasteiger partial charge in [0.25, 0.3) is 0 Å². The number of rotatable bonds is 4. The van der Waals surface area contributed by atoms with Crippen molar-refractivity contribution in [2.45, 2.75) is 45.6 Å². The fourth-order valence-electron chi connectivity index (χ4n) is 1.38. The van der Waals surface area contributed by atoms with Crippen molar-refractivity contribution in [1.29, 1.82) is 0 Å². The van der Waals surface area contributed by atoms with E-state index in [-0.39, 0.29) is 0 Å². The van der Waals surface area contributed by atoms with Gasteiger partial charge in [-0.05, 0) is 25.2 Å². The van der Waals surface area contributed by atoms with Crippen LogP contribution >= 0.6 is 0 Å². The van der Waals surface area contributed by atoms with E-state index in [2.05, 4.69) is 30.4 Å². The summed E-state index contributed by atoms with van der Waals surface area (Å²) in [6.45, 7) is 5.48. The summed E-state index contributed by atoms with van der Waals surface area (Å²) in [5.74, 6) is 1.47. The highest BCUT2D eigenvalue weighted by molar-refractivity contribution is 5.08. The van der Waals surface area contributed by atoms with Crippen LogP contribution in [0, 0.1) is 5.92 Å². The van der Waals surface area contributed by atoms with E-state index in [0.29, 0.717) is 0 Å². The molecule has 0 atom stereocenters. The van der Waals surface area contributed by atoms with E-state index in [4.69, 9.17) is 0 Å². The van der Waals surface area contributed by atoms with Crippen molar-refractivity contribution in [3.63, 3.8) is 0 Å². The zero-order valence-corrected chi connectivity index (χ0v) is 8.40. The third-order valence-electron chi connectivity index (χ3n) is 2.49. The Labute approximate surface area is 79.1 Å². The SMILES string of the molecule is CC(C)CCn1cc(C2CC2)nn1. The maximum atomic E-state index is 4.17. The van der Waals surface area contributed by atoms with Gasteiger partial charge in [-0.25, -0.2) is 0 Å². The summed E-state index contributed by atoms with van der Waals surface area (Å²) in [7, 11) is 0. The summed E-state index contributed by atoms with van der Waals surface area (Å²) < 4.78 is 1.98. The fraction of sp³-hybridized carbons (Fsp3) is 0.800. The molecule has 3 heteroatoms. The van der Waals surface area contributed by atoms with Crippen LogP contribution in [0.1, 0.15) is 44.7 Å². The molecule has 13 heavy (non-hydrogen) atoms. The van der Waals surface area contributed by atoms with Crippen LogP contribution in [0.2, 0.25) is 0 Å². The first-order valence-electron chi connectivity index (χ1n) is 5.15. The Balaban J connectivity index is 1.89. The number of aryl methyl sites for hydroxylation is 1. The predicted octanol–water partition coefficient (Wildman–Crippen LogP) is 2.20. The molecule has 0 unspecified atom stereocenters. The molecule has 72 valence electrons. The van der Waals surface area contributed by atoms with Crippen molar-refractivity contribution < 1.29 is 0 Å². The minimum Gasteiger partial charge on any atom is -0.252 e. The zero-order chi connectivity index (χ0) is 9.26. The smallest absolute Gasteiger partial charge is 0.0857 e. The van der Waals surface area contributed by atoms with Crippen LogP contribution < -0.4 is 0 Å². The van der Waals surface area contributed by atoms with E-state index < -0.39 is 0 Å². The van der Waals surface area contributed by atoms with Crippen molar-refractivity contribution in [2.24, 2.45) is 5.92 Å². The number of hydrogen-bond donors (Lipinski definition) is 0. The van der Waals surface area contributed by atoms with E-state index in [1.807, 2.05) is 4.68 Å². The molecule has 2 rings (SSSR count). The Morgan fingerprint density at radius 1 is 1.54 bits per heavy atom. The Bertz CT molecular complexity index is 273. The van der Waals surface area contributed by atoms with Gasteiger partial charge in [0, 0.05) is 18.7 Å². The van der Waals surface area contributed by atoms with Crippen LogP contribution in [0.4, 0.5) is 0 Å². The van der Waals surface area contributed by atoms with E-state index >= 15 is 0 Å². The van der Waals surface area contributed by atoms with Crippen LogP contribution in [0.15, 0.2) is 6.20 Å². The summed E-state index contributed by atoms with van der Waals surface area (Å²) in [6.07, 6.45) is 5.92. The van der Waals surface area contributed by atoms with Gasteiger partial charge in [0.05, 0.1) is 5.69 Å². The van der Waals surface area contributed by atoms with Gasteiger partial charge in [0.1, 0.15) is 0 Å². The lowest BCUT2D eigenvalue weighted by Gasteiger charge is -2.02. The lowest BCUT2D eigenvalue weighted by atomic mass is 10.1. The van der Waals surface area contributed by atoms with Crippen LogP contribution in [0.3, 0.4) is 0 Å². The summed E-state index contributed by atoms with van der Waals surface area (Å²) in [5, 5.41) is 8.29. The summed E-state index contributed by atoms with van der Waals surface area (Å²) in [6, 6.07) is 0. The summed E-state index contributed by atoms with van der Waals surface area (Å²) >= 11 is 0. The Morgan fingerprint density at radius 3 is 2.92 bits per heavy atom. The van der Waals surface area contributed by atoms with Crippen LogP contribution in [-0.4, -0.2) is 15.0 Å². The molecule has 1 saturated carbocycles. The first kappa shape index (κ1) is 8.73. The molecule has 3 nitrogen and oxygen atoms in total. The van der Waals surface area contributed by atoms with E-state index in [1.165, 1.54) is 25.0 Å². The van der Waals surface area contributed by atoms with Gasteiger partial charge < -0.3 is 0 Å². The number of nitrogens with zero attached hydrogens (tertiary/aromatic N) is 3. The molecule has 1 aromatic heterocycles. The van der Waals surface area contributed by atoms with Gasteiger partial charge >= 0.3 is 0 Å². The molecule has 1 aromatic rings. The van der Waals surface area contributed by atoms with Crippen LogP contribution in [0.5, 0.6) is 0 Å². The minimum atomic E-state index is 0.729. The summed E-state index contributed by atoms with van der Waals surface area (Å²) in [5.41, 5.74) is 1.20. The molecule has 0 saturated heterocycles. The monoisotopic (exact) mass is 179 g/mol. The lowest BCUT2D eigenvalue weighted by molar-refractivity contribution is 0.478. The van der Waals surface area contributed by atoms with Crippen LogP contribution in [0.25, 0.3) is 0 Å². The Morgan fingerprint density at radius 2 is 2.31 bits per heavy atom. The minimum absolute atomic E-state index is 0.729. The highest BCUT2D eigenvalue weighted by atomic mass is 15.4. The second-order valence-electron chi connectivity index (χ2n) is 4.36. The number of aromatic nitrogens is 3. The van der Waals surface area contributed by atoms with Crippen molar-refractivity contribution >= 4 is 0 Å². The molecule has 1 aliphatic rings. The highest BCUT2D eigenvalue weighted by Crippen LogP contribution is 2.38. The van der Waals surface area contributed by atoms with E-state index in [9.17, 15) is 0 Å². The average molecular weight is 179 g/mol. The van der Waals surface area contributed by atoms with Crippen molar-refractivity contribution in [2.75, 3.05) is 0 Å². The molecular weight excluding hydrogens is 162 g/mol. The lowest BCUT2D eigenvalue weighted by Crippen LogP contribution is -2.01. The maximum Gasteiger partial charge on any atom is 0.0857 e. The average Bonchev–Trinajstić information content (AvgIpc) is 2.83. The van der Waals surface area contributed by atoms with E-state index in [0.717, 1.165) is 18.4 Å². The predicted molar refractivity (Wildman–Crippen MR) is 51.5 cm³/mol. The maximum absolute atomic E-state index is 4.17. The standard InChI is InChI=1S/C10H17N3/c1-8(2)5-6-13-7-10(11-12-13)9-3-4-9/h7-9H,3-6H2,1-2H3. The van der Waals surface area contributed by atoms with Crippen molar-refractivity contribution in [3.8, 4) is 0 Å². The van der Waals surface area contributed by atoms with Gasteiger partial charge in [-0.15, -0.1) is 5.10 Å². The zero-order valence-electron chi connectivity index (χ0n) is 8.40. The second kappa shape index (κ2) is 3.48. The molecule has 0 aromatic carbocycles. The van der Waals surface area contributed by atoms with Gasteiger partial charge in [-0.1, -0.05) is 19.1 Å². The molecule has 0 bridgehead atoms. The first-order chi connectivity index (χ1) is 6.25. The Kier molecular flexibility index (Phi) is 2.34. The molecule has 1 heterocycles. The molecule has 1 fully saturated rings. The third-order valence-corrected chi connectivity index (χ3v) is 2.49. The molecule has 1 aliphatic carbocycles.